The van der Waals surface area contributed by atoms with Crippen LogP contribution in [0.2, 0.25) is 0 Å². The van der Waals surface area contributed by atoms with E-state index < -0.39 is 0 Å². The number of unbranched alkanes of at least 4 members (excludes halogenated alkanes) is 3. The van der Waals surface area contributed by atoms with Crippen LogP contribution in [-0.2, 0) is 0 Å². The maximum Gasteiger partial charge on any atom is 0.0701 e. The van der Waals surface area contributed by atoms with Crippen LogP contribution in [0.4, 0.5) is 0 Å². The summed E-state index contributed by atoms with van der Waals surface area (Å²) in [5, 5.41) is 3.56. The van der Waals surface area contributed by atoms with Crippen LogP contribution >= 0.6 is 27.3 Å². The van der Waals surface area contributed by atoms with Gasteiger partial charge in [-0.3, -0.25) is 0 Å². The van der Waals surface area contributed by atoms with Crippen molar-refractivity contribution in [2.75, 3.05) is 6.54 Å². The number of hydrogen-bond donors (Lipinski definition) is 1. The predicted molar refractivity (Wildman–Crippen MR) is 72.6 cm³/mol. The van der Waals surface area contributed by atoms with E-state index in [1.807, 2.05) is 11.3 Å². The van der Waals surface area contributed by atoms with E-state index in [4.69, 9.17) is 0 Å². The Morgan fingerprint density at radius 3 is 2.73 bits per heavy atom. The second-order valence-electron chi connectivity index (χ2n) is 3.88. The van der Waals surface area contributed by atoms with Crippen LogP contribution in [0.3, 0.4) is 0 Å². The van der Waals surface area contributed by atoms with Crippen LogP contribution < -0.4 is 5.32 Å². The molecular weight excluding hydrogens is 270 g/mol. The smallest absolute Gasteiger partial charge is 0.0701 e. The highest BCUT2D eigenvalue weighted by Gasteiger charge is 2.06. The van der Waals surface area contributed by atoms with Gasteiger partial charge in [0.15, 0.2) is 0 Å². The van der Waals surface area contributed by atoms with Crippen molar-refractivity contribution in [3.8, 4) is 0 Å². The molecule has 1 heterocycles. The second kappa shape index (κ2) is 7.42. The molecule has 1 aromatic rings. The van der Waals surface area contributed by atoms with E-state index in [2.05, 4.69) is 47.2 Å². The van der Waals surface area contributed by atoms with E-state index in [1.54, 1.807) is 0 Å². The monoisotopic (exact) mass is 289 g/mol. The van der Waals surface area contributed by atoms with Gasteiger partial charge >= 0.3 is 0 Å². The molecule has 1 unspecified atom stereocenters. The van der Waals surface area contributed by atoms with Crippen LogP contribution in [0.1, 0.15) is 50.4 Å². The first kappa shape index (κ1) is 13.2. The maximum atomic E-state index is 3.56. The summed E-state index contributed by atoms with van der Waals surface area (Å²) in [5.74, 6) is 0. The molecule has 0 aromatic carbocycles. The summed E-state index contributed by atoms with van der Waals surface area (Å²) in [6.45, 7) is 5.62. The van der Waals surface area contributed by atoms with E-state index >= 15 is 0 Å². The predicted octanol–water partition coefficient (Wildman–Crippen LogP) is 4.74. The Bertz CT molecular complexity index is 272. The summed E-state index contributed by atoms with van der Waals surface area (Å²) in [5.41, 5.74) is 0. The Morgan fingerprint density at radius 2 is 2.13 bits per heavy atom. The fourth-order valence-electron chi connectivity index (χ4n) is 1.53. The van der Waals surface area contributed by atoms with Crippen molar-refractivity contribution < 1.29 is 0 Å². The van der Waals surface area contributed by atoms with E-state index in [-0.39, 0.29) is 0 Å². The SMILES string of the molecule is CCCCCCNC(C)c1ccc(Br)s1. The first-order chi connectivity index (χ1) is 7.24. The number of halogens is 1. The van der Waals surface area contributed by atoms with Crippen molar-refractivity contribution >= 4 is 27.3 Å². The van der Waals surface area contributed by atoms with Crippen LogP contribution in [0.15, 0.2) is 15.9 Å². The quantitative estimate of drug-likeness (QED) is 0.715. The van der Waals surface area contributed by atoms with Crippen molar-refractivity contribution in [1.29, 1.82) is 0 Å². The zero-order valence-corrected chi connectivity index (χ0v) is 12.0. The van der Waals surface area contributed by atoms with Crippen LogP contribution in [-0.4, -0.2) is 6.54 Å². The highest BCUT2D eigenvalue weighted by molar-refractivity contribution is 9.11. The maximum absolute atomic E-state index is 3.56. The molecule has 15 heavy (non-hydrogen) atoms. The zero-order valence-electron chi connectivity index (χ0n) is 9.55. The molecular formula is C12H20BrNS. The first-order valence-corrected chi connectivity index (χ1v) is 7.33. The van der Waals surface area contributed by atoms with Gasteiger partial charge in [-0.05, 0) is 48.0 Å². The van der Waals surface area contributed by atoms with Gasteiger partial charge in [-0.25, -0.2) is 0 Å². The van der Waals surface area contributed by atoms with Crippen LogP contribution in [0.5, 0.6) is 0 Å². The van der Waals surface area contributed by atoms with Crippen molar-refractivity contribution in [2.24, 2.45) is 0 Å². The number of thiophene rings is 1. The van der Waals surface area contributed by atoms with Gasteiger partial charge < -0.3 is 5.32 Å². The Balaban J connectivity index is 2.16. The van der Waals surface area contributed by atoms with Crippen molar-refractivity contribution in [3.05, 3.63) is 20.8 Å². The lowest BCUT2D eigenvalue weighted by atomic mass is 10.2. The fraction of sp³-hybridized carbons (Fsp3) is 0.667. The minimum Gasteiger partial charge on any atom is -0.309 e. The van der Waals surface area contributed by atoms with Crippen molar-refractivity contribution in [3.63, 3.8) is 0 Å². The first-order valence-electron chi connectivity index (χ1n) is 5.72. The molecule has 0 spiro atoms. The normalized spacial score (nSPS) is 13.0. The van der Waals surface area contributed by atoms with Gasteiger partial charge in [0.05, 0.1) is 3.79 Å². The molecule has 1 aromatic heterocycles. The molecule has 86 valence electrons. The third kappa shape index (κ3) is 5.14. The zero-order chi connectivity index (χ0) is 11.1. The van der Waals surface area contributed by atoms with Gasteiger partial charge in [-0.1, -0.05) is 26.2 Å². The molecule has 0 bridgehead atoms. The summed E-state index contributed by atoms with van der Waals surface area (Å²) in [6, 6.07) is 4.80. The lowest BCUT2D eigenvalue weighted by Crippen LogP contribution is -2.18. The van der Waals surface area contributed by atoms with Gasteiger partial charge in [0.2, 0.25) is 0 Å². The second-order valence-corrected chi connectivity index (χ2v) is 6.37. The Morgan fingerprint density at radius 1 is 1.33 bits per heavy atom. The molecule has 0 fully saturated rings. The Kier molecular flexibility index (Phi) is 6.53. The molecule has 0 aliphatic carbocycles. The van der Waals surface area contributed by atoms with Gasteiger partial charge in [0.25, 0.3) is 0 Å². The summed E-state index contributed by atoms with van der Waals surface area (Å²) < 4.78 is 1.22. The summed E-state index contributed by atoms with van der Waals surface area (Å²) in [7, 11) is 0. The van der Waals surface area contributed by atoms with Crippen molar-refractivity contribution in [2.45, 2.75) is 45.6 Å². The number of rotatable bonds is 7. The molecule has 0 saturated heterocycles. The van der Waals surface area contributed by atoms with Crippen LogP contribution in [0.25, 0.3) is 0 Å². The Hall–Kier alpha value is 0.140. The van der Waals surface area contributed by atoms with E-state index in [0.29, 0.717) is 6.04 Å². The van der Waals surface area contributed by atoms with Crippen LogP contribution in [0, 0.1) is 0 Å². The average molecular weight is 290 g/mol. The number of nitrogens with one attached hydrogen (secondary N) is 1. The molecule has 3 heteroatoms. The molecule has 1 atom stereocenters. The fourth-order valence-corrected chi connectivity index (χ4v) is 2.98. The van der Waals surface area contributed by atoms with Gasteiger partial charge in [0, 0.05) is 10.9 Å². The third-order valence-electron chi connectivity index (χ3n) is 2.50. The van der Waals surface area contributed by atoms with Gasteiger partial charge in [-0.2, -0.15) is 0 Å². The minimum atomic E-state index is 0.489. The molecule has 0 amide bonds. The van der Waals surface area contributed by atoms with E-state index in [0.717, 1.165) is 6.54 Å². The lowest BCUT2D eigenvalue weighted by Gasteiger charge is -2.11. The Labute approximate surface area is 105 Å². The average Bonchev–Trinajstić information content (AvgIpc) is 2.64. The lowest BCUT2D eigenvalue weighted by molar-refractivity contribution is 0.542. The third-order valence-corrected chi connectivity index (χ3v) is 4.31. The molecule has 0 aliphatic heterocycles. The summed E-state index contributed by atoms with van der Waals surface area (Å²) >= 11 is 5.31. The minimum absolute atomic E-state index is 0.489. The highest BCUT2D eigenvalue weighted by atomic mass is 79.9. The number of hydrogen-bond acceptors (Lipinski definition) is 2. The highest BCUT2D eigenvalue weighted by Crippen LogP contribution is 2.26. The molecule has 1 rings (SSSR count). The summed E-state index contributed by atoms with van der Waals surface area (Å²) in [6.07, 6.45) is 5.32. The molecule has 0 aliphatic rings. The van der Waals surface area contributed by atoms with Crippen molar-refractivity contribution in [1.82, 2.24) is 5.32 Å². The molecule has 1 N–H and O–H groups in total. The van der Waals surface area contributed by atoms with Gasteiger partial charge in [0.1, 0.15) is 0 Å². The standard InChI is InChI=1S/C12H20BrNS/c1-3-4-5-6-9-14-10(2)11-7-8-12(13)15-11/h7-8,10,14H,3-6,9H2,1-2H3. The molecule has 1 nitrogen and oxygen atoms in total. The van der Waals surface area contributed by atoms with Gasteiger partial charge in [-0.15, -0.1) is 11.3 Å². The summed E-state index contributed by atoms with van der Waals surface area (Å²) in [4.78, 5) is 1.41. The van der Waals surface area contributed by atoms with E-state index in [9.17, 15) is 0 Å². The topological polar surface area (TPSA) is 12.0 Å². The largest absolute Gasteiger partial charge is 0.309 e. The molecule has 0 saturated carbocycles. The molecule has 0 radical (unpaired) electrons. The van der Waals surface area contributed by atoms with E-state index in [1.165, 1.54) is 34.3 Å².